The van der Waals surface area contributed by atoms with Crippen molar-refractivity contribution < 1.29 is 14.6 Å². The number of nitrogens with zero attached hydrogens (tertiary/aromatic N) is 1. The van der Waals surface area contributed by atoms with Gasteiger partial charge in [-0.2, -0.15) is 5.10 Å². The first-order valence-electron chi connectivity index (χ1n) is 6.94. The number of ether oxygens (including phenoxy) is 1. The van der Waals surface area contributed by atoms with Gasteiger partial charge in [0.1, 0.15) is 11.5 Å². The third-order valence-corrected chi connectivity index (χ3v) is 2.78. The second-order valence-electron chi connectivity index (χ2n) is 4.95. The number of para-hydroxylation sites is 1. The maximum Gasteiger partial charge on any atom is 0.275 e. The van der Waals surface area contributed by atoms with Crippen LogP contribution in [0.2, 0.25) is 0 Å². The molecule has 0 radical (unpaired) electrons. The molecular weight excluding hydrogens is 280 g/mol. The minimum atomic E-state index is -0.464. The van der Waals surface area contributed by atoms with Gasteiger partial charge in [0.25, 0.3) is 5.91 Å². The Morgan fingerprint density at radius 1 is 1.18 bits per heavy atom. The highest BCUT2D eigenvalue weighted by molar-refractivity contribution is 5.97. The fourth-order valence-corrected chi connectivity index (χ4v) is 1.80. The lowest BCUT2D eigenvalue weighted by molar-refractivity contribution is 0.0952. The van der Waals surface area contributed by atoms with Crippen molar-refractivity contribution in [1.82, 2.24) is 5.43 Å². The summed E-state index contributed by atoms with van der Waals surface area (Å²) in [6.45, 7) is 3.92. The van der Waals surface area contributed by atoms with Gasteiger partial charge in [-0.3, -0.25) is 4.79 Å². The van der Waals surface area contributed by atoms with Crippen molar-refractivity contribution in [1.29, 1.82) is 0 Å². The SMILES string of the molecule is CC(C)Oc1ccc(/C=N/NC(=O)c2ccccc2O)cc1. The van der Waals surface area contributed by atoms with E-state index in [9.17, 15) is 9.90 Å². The Bertz CT molecular complexity index is 664. The van der Waals surface area contributed by atoms with Crippen LogP contribution in [0.5, 0.6) is 11.5 Å². The number of phenols is 1. The molecule has 0 aliphatic rings. The predicted molar refractivity (Wildman–Crippen MR) is 85.4 cm³/mol. The van der Waals surface area contributed by atoms with E-state index in [0.717, 1.165) is 11.3 Å². The lowest BCUT2D eigenvalue weighted by Crippen LogP contribution is -2.17. The molecule has 0 saturated heterocycles. The summed E-state index contributed by atoms with van der Waals surface area (Å²) in [5, 5.41) is 13.4. The van der Waals surface area contributed by atoms with Crippen LogP contribution in [0.3, 0.4) is 0 Å². The van der Waals surface area contributed by atoms with Crippen LogP contribution in [-0.4, -0.2) is 23.3 Å². The maximum atomic E-state index is 11.8. The lowest BCUT2D eigenvalue weighted by atomic mass is 10.2. The number of amides is 1. The molecule has 114 valence electrons. The summed E-state index contributed by atoms with van der Waals surface area (Å²) < 4.78 is 5.54. The summed E-state index contributed by atoms with van der Waals surface area (Å²) >= 11 is 0. The number of hydrogen-bond acceptors (Lipinski definition) is 4. The monoisotopic (exact) mass is 298 g/mol. The van der Waals surface area contributed by atoms with E-state index in [-0.39, 0.29) is 17.4 Å². The number of hydrazone groups is 1. The van der Waals surface area contributed by atoms with Crippen molar-refractivity contribution in [2.75, 3.05) is 0 Å². The minimum Gasteiger partial charge on any atom is -0.507 e. The second-order valence-corrected chi connectivity index (χ2v) is 4.95. The molecule has 5 heteroatoms. The van der Waals surface area contributed by atoms with Gasteiger partial charge in [-0.15, -0.1) is 0 Å². The highest BCUT2D eigenvalue weighted by atomic mass is 16.5. The van der Waals surface area contributed by atoms with Gasteiger partial charge in [0.2, 0.25) is 0 Å². The summed E-state index contributed by atoms with van der Waals surface area (Å²) in [5.74, 6) is 0.241. The smallest absolute Gasteiger partial charge is 0.275 e. The molecule has 0 bridgehead atoms. The molecule has 0 atom stereocenters. The van der Waals surface area contributed by atoms with Crippen LogP contribution >= 0.6 is 0 Å². The van der Waals surface area contributed by atoms with Gasteiger partial charge in [-0.25, -0.2) is 5.43 Å². The van der Waals surface area contributed by atoms with E-state index in [2.05, 4.69) is 10.5 Å². The van der Waals surface area contributed by atoms with Crippen LogP contribution in [-0.2, 0) is 0 Å². The molecule has 1 amide bonds. The Morgan fingerprint density at radius 3 is 2.50 bits per heavy atom. The molecule has 0 unspecified atom stereocenters. The molecule has 0 aromatic heterocycles. The van der Waals surface area contributed by atoms with E-state index in [0.29, 0.717) is 0 Å². The molecule has 22 heavy (non-hydrogen) atoms. The molecule has 0 spiro atoms. The summed E-state index contributed by atoms with van der Waals surface area (Å²) in [7, 11) is 0. The third kappa shape index (κ3) is 4.34. The van der Waals surface area contributed by atoms with Gasteiger partial charge in [0.05, 0.1) is 17.9 Å². The normalized spacial score (nSPS) is 10.9. The molecular formula is C17H18N2O3. The van der Waals surface area contributed by atoms with Crippen LogP contribution in [0.25, 0.3) is 0 Å². The number of rotatable bonds is 5. The quantitative estimate of drug-likeness (QED) is 0.658. The summed E-state index contributed by atoms with van der Waals surface area (Å²) in [5.41, 5.74) is 3.38. The van der Waals surface area contributed by atoms with Gasteiger partial charge in [0, 0.05) is 0 Å². The van der Waals surface area contributed by atoms with Gasteiger partial charge in [0.15, 0.2) is 0 Å². The average Bonchev–Trinajstić information content (AvgIpc) is 2.49. The molecule has 2 N–H and O–H groups in total. The predicted octanol–water partition coefficient (Wildman–Crippen LogP) is 2.94. The summed E-state index contributed by atoms with van der Waals surface area (Å²) in [6.07, 6.45) is 1.65. The van der Waals surface area contributed by atoms with Gasteiger partial charge >= 0.3 is 0 Å². The standard InChI is InChI=1S/C17H18N2O3/c1-12(2)22-14-9-7-13(8-10-14)11-18-19-17(21)15-5-3-4-6-16(15)20/h3-12,20H,1-2H3,(H,19,21)/b18-11+. The Hall–Kier alpha value is -2.82. The Labute approximate surface area is 129 Å². The maximum absolute atomic E-state index is 11.8. The van der Waals surface area contributed by atoms with Crippen LogP contribution in [0, 0.1) is 0 Å². The first kappa shape index (κ1) is 15.6. The summed E-state index contributed by atoms with van der Waals surface area (Å²) in [4.78, 5) is 11.8. The number of carbonyl (C=O) groups is 1. The Morgan fingerprint density at radius 2 is 1.86 bits per heavy atom. The van der Waals surface area contributed by atoms with E-state index >= 15 is 0 Å². The van der Waals surface area contributed by atoms with E-state index in [1.807, 2.05) is 38.1 Å². The lowest BCUT2D eigenvalue weighted by Gasteiger charge is -2.09. The van der Waals surface area contributed by atoms with Crippen molar-refractivity contribution in [3.05, 3.63) is 59.7 Å². The zero-order valence-electron chi connectivity index (χ0n) is 12.5. The van der Waals surface area contributed by atoms with Crippen LogP contribution in [0.15, 0.2) is 53.6 Å². The largest absolute Gasteiger partial charge is 0.507 e. The zero-order chi connectivity index (χ0) is 15.9. The van der Waals surface area contributed by atoms with Crippen LogP contribution in [0.4, 0.5) is 0 Å². The van der Waals surface area contributed by atoms with Crippen molar-refractivity contribution in [3.8, 4) is 11.5 Å². The van der Waals surface area contributed by atoms with Crippen LogP contribution < -0.4 is 10.2 Å². The highest BCUT2D eigenvalue weighted by Crippen LogP contribution is 2.15. The van der Waals surface area contributed by atoms with E-state index in [1.165, 1.54) is 18.3 Å². The molecule has 0 saturated carbocycles. The second kappa shape index (κ2) is 7.26. The fourth-order valence-electron chi connectivity index (χ4n) is 1.80. The molecule has 2 aromatic rings. The third-order valence-electron chi connectivity index (χ3n) is 2.78. The molecule has 2 aromatic carbocycles. The zero-order valence-corrected chi connectivity index (χ0v) is 12.5. The number of aromatic hydroxyl groups is 1. The number of phenolic OH excluding ortho intramolecular Hbond substituents is 1. The minimum absolute atomic E-state index is 0.0783. The Kier molecular flexibility index (Phi) is 5.14. The van der Waals surface area contributed by atoms with E-state index in [4.69, 9.17) is 4.74 Å². The molecule has 0 aliphatic carbocycles. The van der Waals surface area contributed by atoms with Gasteiger partial charge in [-0.1, -0.05) is 12.1 Å². The van der Waals surface area contributed by atoms with Gasteiger partial charge < -0.3 is 9.84 Å². The topological polar surface area (TPSA) is 70.9 Å². The molecule has 0 heterocycles. The Balaban J connectivity index is 1.95. The van der Waals surface area contributed by atoms with Crippen LogP contribution in [0.1, 0.15) is 29.8 Å². The van der Waals surface area contributed by atoms with E-state index in [1.54, 1.807) is 12.1 Å². The molecule has 0 fully saturated rings. The van der Waals surface area contributed by atoms with E-state index < -0.39 is 5.91 Å². The first-order chi connectivity index (χ1) is 10.6. The van der Waals surface area contributed by atoms with Crippen molar-refractivity contribution in [3.63, 3.8) is 0 Å². The average molecular weight is 298 g/mol. The number of hydrogen-bond donors (Lipinski definition) is 2. The first-order valence-corrected chi connectivity index (χ1v) is 6.94. The van der Waals surface area contributed by atoms with Crippen molar-refractivity contribution in [2.24, 2.45) is 5.10 Å². The fraction of sp³-hybridized carbons (Fsp3) is 0.176. The number of benzene rings is 2. The van der Waals surface area contributed by atoms with Crippen molar-refractivity contribution in [2.45, 2.75) is 20.0 Å². The molecule has 2 rings (SSSR count). The highest BCUT2D eigenvalue weighted by Gasteiger charge is 2.08. The summed E-state index contributed by atoms with van der Waals surface area (Å²) in [6, 6.07) is 13.7. The molecule has 5 nitrogen and oxygen atoms in total. The van der Waals surface area contributed by atoms with Crippen molar-refractivity contribution >= 4 is 12.1 Å². The number of nitrogens with one attached hydrogen (secondary N) is 1. The molecule has 0 aliphatic heterocycles. The van der Waals surface area contributed by atoms with Gasteiger partial charge in [-0.05, 0) is 55.8 Å². The number of carbonyl (C=O) groups excluding carboxylic acids is 1.